The highest BCUT2D eigenvalue weighted by molar-refractivity contribution is 6.43. The number of rotatable bonds is 9. The molecule has 0 heterocycles. The summed E-state index contributed by atoms with van der Waals surface area (Å²) in [4.78, 5) is 18.2. The van der Waals surface area contributed by atoms with Gasteiger partial charge in [0.25, 0.3) is 0 Å². The molecule has 0 aromatic rings. The van der Waals surface area contributed by atoms with E-state index in [1.165, 1.54) is 32.1 Å². The van der Waals surface area contributed by atoms with Crippen LogP contribution in [0.3, 0.4) is 0 Å². The van der Waals surface area contributed by atoms with E-state index in [1.807, 2.05) is 6.92 Å². The molecule has 0 bridgehead atoms. The van der Waals surface area contributed by atoms with E-state index in [0.717, 1.165) is 12.8 Å². The normalized spacial score (nSPS) is 15.6. The van der Waals surface area contributed by atoms with Crippen molar-refractivity contribution in [2.45, 2.75) is 70.4 Å². The molecule has 4 heteroatoms. The quantitative estimate of drug-likeness (QED) is 0.419. The van der Waals surface area contributed by atoms with Gasteiger partial charge in [-0.05, 0) is 6.42 Å². The minimum Gasteiger partial charge on any atom is -0.413 e. The third-order valence-electron chi connectivity index (χ3n) is 3.04. The van der Waals surface area contributed by atoms with Gasteiger partial charge in [0.1, 0.15) is 0 Å². The van der Waals surface area contributed by atoms with E-state index in [9.17, 15) is 0 Å². The summed E-state index contributed by atoms with van der Waals surface area (Å²) in [5.74, 6) is 0. The summed E-state index contributed by atoms with van der Waals surface area (Å²) in [6.45, 7) is 4.06. The highest BCUT2D eigenvalue weighted by Crippen LogP contribution is 2.16. The third-order valence-corrected chi connectivity index (χ3v) is 4.47. The van der Waals surface area contributed by atoms with Gasteiger partial charge in [-0.1, -0.05) is 52.4 Å². The second kappa shape index (κ2) is 9.33. The minimum atomic E-state index is -2.52. The molecule has 0 aromatic carbocycles. The molecule has 2 atom stereocenters. The van der Waals surface area contributed by atoms with Crippen LogP contribution in [-0.4, -0.2) is 24.9 Å². The first-order chi connectivity index (χ1) is 7.09. The van der Waals surface area contributed by atoms with Crippen LogP contribution in [-0.2, 0) is 0 Å². The number of hydrogen-bond acceptors (Lipinski definition) is 3. The molecule has 3 nitrogen and oxygen atoms in total. The summed E-state index contributed by atoms with van der Waals surface area (Å²) >= 11 is 0. The van der Waals surface area contributed by atoms with Gasteiger partial charge in [0.2, 0.25) is 0 Å². The van der Waals surface area contributed by atoms with Crippen LogP contribution in [0.5, 0.6) is 0 Å². The first-order valence-corrected chi connectivity index (χ1v) is 7.91. The van der Waals surface area contributed by atoms with Gasteiger partial charge in [0, 0.05) is 11.6 Å². The lowest BCUT2D eigenvalue weighted by molar-refractivity contribution is 0.368. The van der Waals surface area contributed by atoms with Crippen LogP contribution in [0.15, 0.2) is 0 Å². The van der Waals surface area contributed by atoms with Crippen LogP contribution in [0.25, 0.3) is 0 Å². The van der Waals surface area contributed by atoms with Crippen molar-refractivity contribution in [2.75, 3.05) is 0 Å². The Hall–Kier alpha value is 0.0969. The topological polar surface area (TPSA) is 66.5 Å². The van der Waals surface area contributed by atoms with Gasteiger partial charge in [-0.2, -0.15) is 0 Å². The zero-order valence-corrected chi connectivity index (χ0v) is 11.3. The minimum absolute atomic E-state index is 0.0251. The second-order valence-corrected chi connectivity index (χ2v) is 6.37. The first kappa shape index (κ1) is 15.1. The number of nitrogens with two attached hydrogens (primary N) is 1. The summed E-state index contributed by atoms with van der Waals surface area (Å²) in [5, 5.41) is 0. The van der Waals surface area contributed by atoms with Crippen molar-refractivity contribution < 1.29 is 9.59 Å². The van der Waals surface area contributed by atoms with Crippen molar-refractivity contribution >= 4 is 9.28 Å². The van der Waals surface area contributed by atoms with E-state index in [4.69, 9.17) is 15.3 Å². The fraction of sp³-hybridized carbons (Fsp3) is 1.00. The summed E-state index contributed by atoms with van der Waals surface area (Å²) in [5.41, 5.74) is 5.79. The molecule has 0 aromatic heterocycles. The van der Waals surface area contributed by atoms with Gasteiger partial charge in [-0.3, -0.25) is 0 Å². The first-order valence-electron chi connectivity index (χ1n) is 6.21. The Balaban J connectivity index is 3.34. The molecule has 0 aliphatic carbocycles. The molecular formula is C11H27NO2Si. The summed E-state index contributed by atoms with van der Waals surface area (Å²) in [6.07, 6.45) is 8.48. The highest BCUT2D eigenvalue weighted by atomic mass is 28.3. The van der Waals surface area contributed by atoms with E-state index in [1.54, 1.807) is 0 Å². The molecule has 15 heavy (non-hydrogen) atoms. The van der Waals surface area contributed by atoms with E-state index in [-0.39, 0.29) is 11.6 Å². The van der Waals surface area contributed by atoms with Crippen LogP contribution in [0.1, 0.15) is 58.8 Å². The zero-order chi connectivity index (χ0) is 11.7. The van der Waals surface area contributed by atoms with E-state index in [0.29, 0.717) is 0 Å². The molecule has 0 fully saturated rings. The van der Waals surface area contributed by atoms with Crippen LogP contribution < -0.4 is 5.73 Å². The van der Waals surface area contributed by atoms with Crippen LogP contribution in [0.4, 0.5) is 0 Å². The van der Waals surface area contributed by atoms with Crippen molar-refractivity contribution in [3.8, 4) is 0 Å². The maximum absolute atomic E-state index is 9.08. The van der Waals surface area contributed by atoms with Crippen LogP contribution in [0, 0.1) is 0 Å². The molecular weight excluding hydrogens is 206 g/mol. The maximum Gasteiger partial charge on any atom is 0.320 e. The molecule has 0 aliphatic rings. The molecule has 2 unspecified atom stereocenters. The third kappa shape index (κ3) is 7.96. The SMILES string of the molecule is CCCCCCCCC(N)C(C)[SiH](O)O. The van der Waals surface area contributed by atoms with Crippen molar-refractivity contribution in [1.82, 2.24) is 0 Å². The van der Waals surface area contributed by atoms with Crippen LogP contribution >= 0.6 is 0 Å². The molecule has 0 spiro atoms. The standard InChI is InChI=1S/C11H27NO2Si/c1-3-4-5-6-7-8-9-11(12)10(2)15(13)14/h10-11,13-15H,3-9,12H2,1-2H3. The van der Waals surface area contributed by atoms with E-state index in [2.05, 4.69) is 6.92 Å². The molecule has 0 radical (unpaired) electrons. The molecule has 0 rings (SSSR count). The van der Waals surface area contributed by atoms with Gasteiger partial charge < -0.3 is 15.3 Å². The molecule has 92 valence electrons. The fourth-order valence-corrected chi connectivity index (χ4v) is 2.28. The van der Waals surface area contributed by atoms with Gasteiger partial charge in [-0.15, -0.1) is 0 Å². The lowest BCUT2D eigenvalue weighted by Gasteiger charge is -2.19. The Bertz CT molecular complexity index is 145. The molecule has 0 saturated carbocycles. The Morgan fingerprint density at radius 3 is 2.13 bits per heavy atom. The summed E-state index contributed by atoms with van der Waals surface area (Å²) < 4.78 is 0. The Kier molecular flexibility index (Phi) is 9.39. The fourth-order valence-electron chi connectivity index (χ4n) is 1.64. The average Bonchev–Trinajstić information content (AvgIpc) is 2.21. The Morgan fingerprint density at radius 2 is 1.60 bits per heavy atom. The monoisotopic (exact) mass is 233 g/mol. The van der Waals surface area contributed by atoms with Crippen molar-refractivity contribution in [1.29, 1.82) is 0 Å². The second-order valence-electron chi connectivity index (χ2n) is 4.49. The highest BCUT2D eigenvalue weighted by Gasteiger charge is 2.20. The zero-order valence-electron chi connectivity index (χ0n) is 10.2. The van der Waals surface area contributed by atoms with Crippen molar-refractivity contribution in [3.63, 3.8) is 0 Å². The Morgan fingerprint density at radius 1 is 1.07 bits per heavy atom. The predicted octanol–water partition coefficient (Wildman–Crippen LogP) is 1.66. The number of unbranched alkanes of at least 4 members (excludes halogenated alkanes) is 5. The summed E-state index contributed by atoms with van der Waals surface area (Å²) in [7, 11) is -2.52. The maximum atomic E-state index is 9.08. The average molecular weight is 233 g/mol. The van der Waals surface area contributed by atoms with Crippen molar-refractivity contribution in [2.24, 2.45) is 5.73 Å². The van der Waals surface area contributed by atoms with Crippen molar-refractivity contribution in [3.05, 3.63) is 0 Å². The molecule has 0 aliphatic heterocycles. The van der Waals surface area contributed by atoms with E-state index < -0.39 is 9.28 Å². The largest absolute Gasteiger partial charge is 0.413 e. The lowest BCUT2D eigenvalue weighted by atomic mass is 10.0. The predicted molar refractivity (Wildman–Crippen MR) is 67.0 cm³/mol. The van der Waals surface area contributed by atoms with Gasteiger partial charge >= 0.3 is 9.28 Å². The van der Waals surface area contributed by atoms with Gasteiger partial charge in [0.05, 0.1) is 0 Å². The van der Waals surface area contributed by atoms with E-state index >= 15 is 0 Å². The van der Waals surface area contributed by atoms with Gasteiger partial charge in [-0.25, -0.2) is 0 Å². The number of hydrogen-bond donors (Lipinski definition) is 3. The molecule has 0 saturated heterocycles. The summed E-state index contributed by atoms with van der Waals surface area (Å²) in [6, 6.07) is -0.0251. The smallest absolute Gasteiger partial charge is 0.320 e. The lowest BCUT2D eigenvalue weighted by Crippen LogP contribution is -2.34. The van der Waals surface area contributed by atoms with Crippen LogP contribution in [0.2, 0.25) is 5.54 Å². The Labute approximate surface area is 95.5 Å². The molecule has 0 amide bonds. The van der Waals surface area contributed by atoms with Gasteiger partial charge in [0.15, 0.2) is 0 Å². The molecule has 4 N–H and O–H groups in total.